The lowest BCUT2D eigenvalue weighted by Crippen LogP contribution is -2.37. The summed E-state index contributed by atoms with van der Waals surface area (Å²) >= 11 is 0. The number of carbonyl (C=O) groups is 1. The molecule has 1 aromatic rings. The molecule has 102 valence electrons. The Morgan fingerprint density at radius 3 is 2.58 bits per heavy atom. The number of benzene rings is 1. The highest BCUT2D eigenvalue weighted by Crippen LogP contribution is 2.38. The summed E-state index contributed by atoms with van der Waals surface area (Å²) in [6.45, 7) is 0. The highest BCUT2D eigenvalue weighted by Gasteiger charge is 2.35. The first kappa shape index (κ1) is 12.6. The standard InChI is InChI=1S/C15H18FNO2/c1-19-15(18)9-2-5-13(14(16)8-9)10-6-11-3-4-12(7-10)17-11/h2,5,8,10-12,17H,3-4,6-7H2,1H3/t10?,11-,12+. The molecule has 19 heavy (non-hydrogen) atoms. The number of esters is 1. The molecule has 2 fully saturated rings. The summed E-state index contributed by atoms with van der Waals surface area (Å²) in [5.41, 5.74) is 1.02. The molecule has 3 atom stereocenters. The van der Waals surface area contributed by atoms with Gasteiger partial charge in [0, 0.05) is 12.1 Å². The predicted octanol–water partition coefficient (Wildman–Crippen LogP) is 2.61. The molecule has 4 heteroatoms. The Labute approximate surface area is 112 Å². The van der Waals surface area contributed by atoms with Crippen LogP contribution in [0.5, 0.6) is 0 Å². The maximum Gasteiger partial charge on any atom is 0.337 e. The second-order valence-corrected chi connectivity index (χ2v) is 5.53. The van der Waals surface area contributed by atoms with Gasteiger partial charge in [-0.1, -0.05) is 6.07 Å². The Morgan fingerprint density at radius 2 is 2.00 bits per heavy atom. The zero-order chi connectivity index (χ0) is 13.4. The number of ether oxygens (including phenoxy) is 1. The fraction of sp³-hybridized carbons (Fsp3) is 0.533. The third-order valence-corrected chi connectivity index (χ3v) is 4.33. The topological polar surface area (TPSA) is 38.3 Å². The fourth-order valence-electron chi connectivity index (χ4n) is 3.41. The number of nitrogens with one attached hydrogen (secondary N) is 1. The van der Waals surface area contributed by atoms with E-state index in [1.165, 1.54) is 26.0 Å². The van der Waals surface area contributed by atoms with E-state index in [2.05, 4.69) is 10.1 Å². The van der Waals surface area contributed by atoms with Gasteiger partial charge in [-0.25, -0.2) is 9.18 Å². The summed E-state index contributed by atoms with van der Waals surface area (Å²) in [7, 11) is 1.30. The first-order chi connectivity index (χ1) is 9.17. The first-order valence-corrected chi connectivity index (χ1v) is 6.81. The summed E-state index contributed by atoms with van der Waals surface area (Å²) in [4.78, 5) is 11.4. The van der Waals surface area contributed by atoms with Gasteiger partial charge in [0.2, 0.25) is 0 Å². The van der Waals surface area contributed by atoms with Gasteiger partial charge < -0.3 is 10.1 Å². The van der Waals surface area contributed by atoms with E-state index < -0.39 is 5.97 Å². The van der Waals surface area contributed by atoms with Crippen LogP contribution in [0.3, 0.4) is 0 Å². The van der Waals surface area contributed by atoms with Crippen molar-refractivity contribution in [1.82, 2.24) is 5.32 Å². The van der Waals surface area contributed by atoms with Gasteiger partial charge in [0.25, 0.3) is 0 Å². The SMILES string of the molecule is COC(=O)c1ccc(C2C[C@H]3CC[C@@H](C2)N3)c(F)c1. The molecular weight excluding hydrogens is 245 g/mol. The maximum atomic E-state index is 14.2. The number of piperidine rings is 1. The summed E-state index contributed by atoms with van der Waals surface area (Å²) < 4.78 is 18.8. The number of hydrogen-bond donors (Lipinski definition) is 1. The summed E-state index contributed by atoms with van der Waals surface area (Å²) in [6, 6.07) is 5.77. The summed E-state index contributed by atoms with van der Waals surface area (Å²) in [5.74, 6) is -0.504. The van der Waals surface area contributed by atoms with Crippen molar-refractivity contribution in [3.8, 4) is 0 Å². The monoisotopic (exact) mass is 263 g/mol. The van der Waals surface area contributed by atoms with Gasteiger partial charge in [-0.05, 0) is 49.3 Å². The average molecular weight is 263 g/mol. The minimum atomic E-state index is -0.490. The van der Waals surface area contributed by atoms with E-state index in [9.17, 15) is 9.18 Å². The zero-order valence-corrected chi connectivity index (χ0v) is 11.0. The molecule has 2 heterocycles. The Hall–Kier alpha value is -1.42. The van der Waals surface area contributed by atoms with Gasteiger partial charge in [-0.3, -0.25) is 0 Å². The number of fused-ring (bicyclic) bond motifs is 2. The fourth-order valence-corrected chi connectivity index (χ4v) is 3.41. The Balaban J connectivity index is 1.83. The normalized spacial score (nSPS) is 29.3. The Bertz CT molecular complexity index is 491. The lowest BCUT2D eigenvalue weighted by Gasteiger charge is -2.29. The van der Waals surface area contributed by atoms with E-state index in [-0.39, 0.29) is 17.3 Å². The van der Waals surface area contributed by atoms with Crippen molar-refractivity contribution in [2.45, 2.75) is 43.7 Å². The van der Waals surface area contributed by atoms with E-state index in [4.69, 9.17) is 0 Å². The molecule has 3 nitrogen and oxygen atoms in total. The molecule has 1 N–H and O–H groups in total. The quantitative estimate of drug-likeness (QED) is 0.834. The number of carbonyl (C=O) groups excluding carboxylic acids is 1. The van der Waals surface area contributed by atoms with Crippen molar-refractivity contribution in [3.05, 3.63) is 35.1 Å². The van der Waals surface area contributed by atoms with E-state index in [1.807, 2.05) is 0 Å². The Kier molecular flexibility index (Phi) is 3.27. The molecule has 0 spiro atoms. The molecule has 2 bridgehead atoms. The van der Waals surface area contributed by atoms with Crippen LogP contribution < -0.4 is 5.32 Å². The van der Waals surface area contributed by atoms with Crippen LogP contribution in [0, 0.1) is 5.82 Å². The molecule has 0 saturated carbocycles. The van der Waals surface area contributed by atoms with E-state index >= 15 is 0 Å². The van der Waals surface area contributed by atoms with Gasteiger partial charge in [0.15, 0.2) is 0 Å². The maximum absolute atomic E-state index is 14.2. The van der Waals surface area contributed by atoms with Crippen LogP contribution >= 0.6 is 0 Å². The largest absolute Gasteiger partial charge is 0.465 e. The first-order valence-electron chi connectivity index (χ1n) is 6.81. The highest BCUT2D eigenvalue weighted by molar-refractivity contribution is 5.89. The number of methoxy groups -OCH3 is 1. The van der Waals surface area contributed by atoms with Gasteiger partial charge in [-0.2, -0.15) is 0 Å². The molecule has 0 radical (unpaired) electrons. The minimum absolute atomic E-state index is 0.269. The van der Waals surface area contributed by atoms with Crippen molar-refractivity contribution in [3.63, 3.8) is 0 Å². The highest BCUT2D eigenvalue weighted by atomic mass is 19.1. The van der Waals surface area contributed by atoms with Crippen LogP contribution in [0.15, 0.2) is 18.2 Å². The van der Waals surface area contributed by atoms with Crippen LogP contribution in [-0.2, 0) is 4.74 Å². The third-order valence-electron chi connectivity index (χ3n) is 4.33. The smallest absolute Gasteiger partial charge is 0.337 e. The van der Waals surface area contributed by atoms with E-state index in [1.54, 1.807) is 12.1 Å². The number of rotatable bonds is 2. The summed E-state index contributed by atoms with van der Waals surface area (Å²) in [6.07, 6.45) is 4.38. The van der Waals surface area contributed by atoms with Crippen molar-refractivity contribution >= 4 is 5.97 Å². The molecule has 0 amide bonds. The second kappa shape index (κ2) is 4.93. The van der Waals surface area contributed by atoms with Crippen molar-refractivity contribution < 1.29 is 13.9 Å². The lowest BCUT2D eigenvalue weighted by molar-refractivity contribution is 0.0600. The van der Waals surface area contributed by atoms with Crippen LogP contribution in [0.25, 0.3) is 0 Å². The molecular formula is C15H18FNO2. The molecule has 2 aliphatic rings. The molecule has 2 aliphatic heterocycles. The van der Waals surface area contributed by atoms with Crippen LogP contribution in [0.1, 0.15) is 47.5 Å². The van der Waals surface area contributed by atoms with E-state index in [0.29, 0.717) is 12.1 Å². The Morgan fingerprint density at radius 1 is 1.32 bits per heavy atom. The molecule has 0 aromatic heterocycles. The molecule has 1 aromatic carbocycles. The van der Waals surface area contributed by atoms with Crippen molar-refractivity contribution in [1.29, 1.82) is 0 Å². The molecule has 1 unspecified atom stereocenters. The molecule has 3 rings (SSSR count). The van der Waals surface area contributed by atoms with E-state index in [0.717, 1.165) is 18.4 Å². The average Bonchev–Trinajstić information content (AvgIpc) is 2.76. The molecule has 0 aliphatic carbocycles. The van der Waals surface area contributed by atoms with Gasteiger partial charge in [-0.15, -0.1) is 0 Å². The minimum Gasteiger partial charge on any atom is -0.465 e. The van der Waals surface area contributed by atoms with Gasteiger partial charge in [0.1, 0.15) is 5.82 Å². The predicted molar refractivity (Wildman–Crippen MR) is 69.7 cm³/mol. The van der Waals surface area contributed by atoms with Gasteiger partial charge >= 0.3 is 5.97 Å². The van der Waals surface area contributed by atoms with Gasteiger partial charge in [0.05, 0.1) is 12.7 Å². The zero-order valence-electron chi connectivity index (χ0n) is 11.0. The van der Waals surface area contributed by atoms with Crippen LogP contribution in [0.2, 0.25) is 0 Å². The third kappa shape index (κ3) is 2.37. The molecule has 2 saturated heterocycles. The van der Waals surface area contributed by atoms with Crippen molar-refractivity contribution in [2.75, 3.05) is 7.11 Å². The number of halogens is 1. The number of hydrogen-bond acceptors (Lipinski definition) is 3. The lowest BCUT2D eigenvalue weighted by atomic mass is 9.85. The van der Waals surface area contributed by atoms with Crippen LogP contribution in [-0.4, -0.2) is 25.2 Å². The van der Waals surface area contributed by atoms with Crippen molar-refractivity contribution in [2.24, 2.45) is 0 Å². The summed E-state index contributed by atoms with van der Waals surface area (Å²) in [5, 5.41) is 3.55. The van der Waals surface area contributed by atoms with Crippen LogP contribution in [0.4, 0.5) is 4.39 Å². The second-order valence-electron chi connectivity index (χ2n) is 5.53.